The summed E-state index contributed by atoms with van der Waals surface area (Å²) in [5.74, 6) is -1.01. The number of rotatable bonds is 4. The number of aryl methyl sites for hydroxylation is 1. The van der Waals surface area contributed by atoms with E-state index in [9.17, 15) is 4.79 Å². The minimum absolute atomic E-state index is 0.0672. The van der Waals surface area contributed by atoms with Crippen molar-refractivity contribution in [2.45, 2.75) is 57.2 Å². The Hall–Kier alpha value is -2.99. The highest BCUT2D eigenvalue weighted by molar-refractivity contribution is 5.87. The molecule has 0 saturated heterocycles. The van der Waals surface area contributed by atoms with Gasteiger partial charge in [0.25, 0.3) is 0 Å². The quantitative estimate of drug-likeness (QED) is 0.464. The van der Waals surface area contributed by atoms with Crippen molar-refractivity contribution in [3.8, 4) is 0 Å². The van der Waals surface area contributed by atoms with E-state index < -0.39 is 23.6 Å². The summed E-state index contributed by atoms with van der Waals surface area (Å²) in [6.07, 6.45) is 7.67. The predicted octanol–water partition coefficient (Wildman–Crippen LogP) is 6.08. The number of benzene rings is 2. The van der Waals surface area contributed by atoms with Gasteiger partial charge in [0, 0.05) is 47.4 Å². The molecule has 1 aromatic heterocycles. The van der Waals surface area contributed by atoms with Crippen molar-refractivity contribution in [1.82, 2.24) is 9.47 Å². The van der Waals surface area contributed by atoms with Gasteiger partial charge in [0.2, 0.25) is 0 Å². The largest absolute Gasteiger partial charge is 0.478 e. The molecule has 2 aromatic carbocycles. The fourth-order valence-corrected chi connectivity index (χ4v) is 7.16. The van der Waals surface area contributed by atoms with Gasteiger partial charge in [-0.1, -0.05) is 18.2 Å². The van der Waals surface area contributed by atoms with Gasteiger partial charge in [0.1, 0.15) is 11.6 Å². The molecule has 4 nitrogen and oxygen atoms in total. The SMILES string of the molecule is C[C@@H]1Cc2c(n(C)c3ccccc23)[C@@H](c2c(F)cc(/C=C/C(=O)O)cc2F)N1C1CCC2CC1C2. The van der Waals surface area contributed by atoms with Crippen LogP contribution in [0.15, 0.2) is 42.5 Å². The van der Waals surface area contributed by atoms with Crippen molar-refractivity contribution < 1.29 is 18.7 Å². The lowest BCUT2D eigenvalue weighted by Crippen LogP contribution is -2.56. The molecule has 0 spiro atoms. The van der Waals surface area contributed by atoms with Crippen molar-refractivity contribution >= 4 is 22.9 Å². The highest BCUT2D eigenvalue weighted by atomic mass is 19.1. The normalized spacial score (nSPS) is 28.3. The van der Waals surface area contributed by atoms with E-state index in [0.717, 1.165) is 41.4 Å². The third kappa shape index (κ3) is 3.53. The van der Waals surface area contributed by atoms with E-state index in [1.54, 1.807) is 0 Å². The van der Waals surface area contributed by atoms with Crippen molar-refractivity contribution in [2.75, 3.05) is 0 Å². The van der Waals surface area contributed by atoms with Gasteiger partial charge in [-0.25, -0.2) is 13.6 Å². The summed E-state index contributed by atoms with van der Waals surface area (Å²) in [6, 6.07) is 10.6. The lowest BCUT2D eigenvalue weighted by molar-refractivity contribution is -0.131. The summed E-state index contributed by atoms with van der Waals surface area (Å²) >= 11 is 0. The zero-order valence-corrected chi connectivity index (χ0v) is 20.0. The molecule has 0 amide bonds. The van der Waals surface area contributed by atoms with Crippen LogP contribution in [-0.2, 0) is 18.3 Å². The Balaban J connectivity index is 1.56. The van der Waals surface area contributed by atoms with Gasteiger partial charge in [0.05, 0.1) is 6.04 Å². The Labute approximate surface area is 203 Å². The van der Waals surface area contributed by atoms with Crippen LogP contribution in [0.1, 0.15) is 61.0 Å². The minimum atomic E-state index is -1.15. The predicted molar refractivity (Wildman–Crippen MR) is 132 cm³/mol. The first-order valence-corrected chi connectivity index (χ1v) is 12.6. The summed E-state index contributed by atoms with van der Waals surface area (Å²) in [4.78, 5) is 13.3. The van der Waals surface area contributed by atoms with Crippen LogP contribution in [-0.4, -0.2) is 32.6 Å². The fraction of sp³-hybridized carbons (Fsp3) is 0.414. The zero-order valence-electron chi connectivity index (χ0n) is 20.0. The van der Waals surface area contributed by atoms with E-state index in [1.807, 2.05) is 19.2 Å². The summed E-state index contributed by atoms with van der Waals surface area (Å²) < 4.78 is 33.8. The van der Waals surface area contributed by atoms with Crippen LogP contribution in [0.25, 0.3) is 17.0 Å². The molecule has 0 radical (unpaired) electrons. The second kappa shape index (κ2) is 8.30. The molecule has 3 aromatic rings. The number of aromatic nitrogens is 1. The first-order valence-electron chi connectivity index (χ1n) is 12.6. The summed E-state index contributed by atoms with van der Waals surface area (Å²) in [6.45, 7) is 2.20. The fourth-order valence-electron chi connectivity index (χ4n) is 7.16. The molecule has 3 aliphatic carbocycles. The van der Waals surface area contributed by atoms with Crippen LogP contribution >= 0.6 is 0 Å². The summed E-state index contributed by atoms with van der Waals surface area (Å²) in [7, 11) is 2.00. The molecule has 3 fully saturated rings. The number of carboxylic acids is 1. The second-order valence-electron chi connectivity index (χ2n) is 10.7. The molecule has 3 atom stereocenters. The first-order chi connectivity index (χ1) is 16.8. The highest BCUT2D eigenvalue weighted by Crippen LogP contribution is 2.53. The average Bonchev–Trinajstić information content (AvgIpc) is 3.08. The third-order valence-corrected chi connectivity index (χ3v) is 8.69. The number of carbonyl (C=O) groups is 1. The molecule has 7 rings (SSSR count). The molecule has 2 bridgehead atoms. The molecule has 1 aliphatic heterocycles. The van der Waals surface area contributed by atoms with Gasteiger partial charge in [-0.15, -0.1) is 0 Å². The zero-order chi connectivity index (χ0) is 24.4. The molecule has 1 N–H and O–H groups in total. The second-order valence-corrected chi connectivity index (χ2v) is 10.7. The van der Waals surface area contributed by atoms with Crippen LogP contribution < -0.4 is 0 Å². The van der Waals surface area contributed by atoms with Gasteiger partial charge in [-0.05, 0) is 86.3 Å². The smallest absolute Gasteiger partial charge is 0.328 e. The Morgan fingerprint density at radius 1 is 1.11 bits per heavy atom. The number of nitrogens with zero attached hydrogens (tertiary/aromatic N) is 2. The maximum atomic E-state index is 15.8. The van der Waals surface area contributed by atoms with E-state index >= 15 is 8.78 Å². The molecule has 2 heterocycles. The molecule has 182 valence electrons. The molecule has 3 saturated carbocycles. The van der Waals surface area contributed by atoms with Crippen molar-refractivity contribution in [3.05, 3.63) is 76.5 Å². The number of hydrogen-bond donors (Lipinski definition) is 1. The van der Waals surface area contributed by atoms with Crippen molar-refractivity contribution in [2.24, 2.45) is 18.9 Å². The molecule has 6 heteroatoms. The van der Waals surface area contributed by atoms with Gasteiger partial charge >= 0.3 is 5.97 Å². The highest BCUT2D eigenvalue weighted by Gasteiger charge is 2.49. The van der Waals surface area contributed by atoms with E-state index in [2.05, 4.69) is 28.5 Å². The van der Waals surface area contributed by atoms with Crippen LogP contribution in [0.2, 0.25) is 0 Å². The summed E-state index contributed by atoms with van der Waals surface area (Å²) in [5.41, 5.74) is 3.49. The number of halogens is 2. The summed E-state index contributed by atoms with van der Waals surface area (Å²) in [5, 5.41) is 10.1. The van der Waals surface area contributed by atoms with Gasteiger partial charge in [0.15, 0.2) is 0 Å². The number of para-hydroxylation sites is 1. The molecule has 4 aliphatic rings. The third-order valence-electron chi connectivity index (χ3n) is 8.69. The number of hydrogen-bond acceptors (Lipinski definition) is 2. The van der Waals surface area contributed by atoms with Crippen LogP contribution in [0, 0.1) is 23.5 Å². The van der Waals surface area contributed by atoms with Crippen LogP contribution in [0.4, 0.5) is 8.78 Å². The topological polar surface area (TPSA) is 45.5 Å². The standard InChI is InChI=1S/C29H30F2N2O2/c1-16-11-21-20-5-3-4-6-25(20)32(2)28(21)29(33(16)24-9-7-17-12-19(24)13-17)27-22(30)14-18(15-23(27)31)8-10-26(34)35/h3-6,8,10,14-17,19,24,29H,7,9,11-13H2,1-2H3,(H,34,35)/b10-8+/t16-,17?,19?,24?,29-/m1/s1. The lowest BCUT2D eigenvalue weighted by Gasteiger charge is -2.55. The van der Waals surface area contributed by atoms with Crippen molar-refractivity contribution in [1.29, 1.82) is 0 Å². The first kappa shape index (κ1) is 22.5. The van der Waals surface area contributed by atoms with Crippen LogP contribution in [0.3, 0.4) is 0 Å². The molecular weight excluding hydrogens is 446 g/mol. The Morgan fingerprint density at radius 2 is 1.83 bits per heavy atom. The molecular formula is C29H30F2N2O2. The Kier molecular flexibility index (Phi) is 5.33. The lowest BCUT2D eigenvalue weighted by atomic mass is 9.61. The maximum Gasteiger partial charge on any atom is 0.328 e. The minimum Gasteiger partial charge on any atom is -0.478 e. The maximum absolute atomic E-state index is 15.8. The monoisotopic (exact) mass is 476 g/mol. The van der Waals surface area contributed by atoms with Gasteiger partial charge < -0.3 is 9.67 Å². The number of aliphatic carboxylic acids is 1. The Morgan fingerprint density at radius 3 is 2.49 bits per heavy atom. The molecule has 35 heavy (non-hydrogen) atoms. The van der Waals surface area contributed by atoms with Crippen LogP contribution in [0.5, 0.6) is 0 Å². The molecule has 1 unspecified atom stereocenters. The Bertz CT molecular complexity index is 1330. The number of carboxylic acid groups (broad SMARTS) is 1. The van der Waals surface area contributed by atoms with Crippen molar-refractivity contribution in [3.63, 3.8) is 0 Å². The number of fused-ring (bicyclic) bond motifs is 5. The van der Waals surface area contributed by atoms with Gasteiger partial charge in [-0.2, -0.15) is 0 Å². The van der Waals surface area contributed by atoms with E-state index in [-0.39, 0.29) is 17.2 Å². The van der Waals surface area contributed by atoms with E-state index in [4.69, 9.17) is 5.11 Å². The van der Waals surface area contributed by atoms with E-state index in [1.165, 1.54) is 43.0 Å². The van der Waals surface area contributed by atoms with Gasteiger partial charge in [-0.3, -0.25) is 4.90 Å². The average molecular weight is 477 g/mol. The van der Waals surface area contributed by atoms with E-state index in [0.29, 0.717) is 12.0 Å².